The molecule has 0 spiro atoms. The van der Waals surface area contributed by atoms with E-state index in [1.807, 2.05) is 13.8 Å². The van der Waals surface area contributed by atoms with Crippen LogP contribution in [0.1, 0.15) is 19.4 Å². The van der Waals surface area contributed by atoms with Gasteiger partial charge in [-0.1, -0.05) is 0 Å². The molecule has 0 radical (unpaired) electrons. The van der Waals surface area contributed by atoms with Gasteiger partial charge in [0, 0.05) is 16.7 Å². The first kappa shape index (κ1) is 12.3. The first-order valence-electron chi connectivity index (χ1n) is 4.52. The Hall–Kier alpha value is -0.740. The number of halogens is 1. The Bertz CT molecular complexity index is 452. The smallest absolute Gasteiger partial charge is 0.261 e. The minimum Gasteiger partial charge on any atom is -0.491 e. The molecule has 0 unspecified atom stereocenters. The Kier molecular flexibility index (Phi) is 3.62. The van der Waals surface area contributed by atoms with Gasteiger partial charge in [0.2, 0.25) is 0 Å². The first-order chi connectivity index (χ1) is 6.79. The molecule has 0 aromatic heterocycles. The zero-order valence-corrected chi connectivity index (χ0v) is 10.4. The fraction of sp³-hybridized carbons (Fsp3) is 0.400. The number of ether oxygens (including phenoxy) is 1. The van der Waals surface area contributed by atoms with Crippen molar-refractivity contribution in [3.63, 3.8) is 0 Å². The van der Waals surface area contributed by atoms with Crippen LogP contribution in [-0.2, 0) is 9.05 Å². The summed E-state index contributed by atoms with van der Waals surface area (Å²) >= 11 is 0. The molecule has 0 amide bonds. The van der Waals surface area contributed by atoms with Gasteiger partial charge in [0.15, 0.2) is 0 Å². The predicted molar refractivity (Wildman–Crippen MR) is 60.0 cm³/mol. The van der Waals surface area contributed by atoms with Gasteiger partial charge in [-0.15, -0.1) is 0 Å². The summed E-state index contributed by atoms with van der Waals surface area (Å²) in [6.45, 7) is 5.53. The molecule has 84 valence electrons. The molecule has 0 atom stereocenters. The molecule has 1 rings (SSSR count). The van der Waals surface area contributed by atoms with E-state index in [-0.39, 0.29) is 11.0 Å². The maximum absolute atomic E-state index is 11.1. The average Bonchev–Trinajstić information content (AvgIpc) is 1.99. The molecule has 0 aliphatic rings. The van der Waals surface area contributed by atoms with Crippen LogP contribution in [0.25, 0.3) is 0 Å². The van der Waals surface area contributed by atoms with Crippen LogP contribution < -0.4 is 4.74 Å². The van der Waals surface area contributed by atoms with Crippen LogP contribution in [0.15, 0.2) is 23.1 Å². The zero-order valence-electron chi connectivity index (χ0n) is 8.82. The van der Waals surface area contributed by atoms with E-state index in [4.69, 9.17) is 15.4 Å². The highest BCUT2D eigenvalue weighted by Crippen LogP contribution is 2.23. The second-order valence-corrected chi connectivity index (χ2v) is 6.15. The molecule has 15 heavy (non-hydrogen) atoms. The van der Waals surface area contributed by atoms with Gasteiger partial charge in [-0.3, -0.25) is 0 Å². The molecule has 0 fully saturated rings. The van der Waals surface area contributed by atoms with Crippen molar-refractivity contribution in [2.45, 2.75) is 31.8 Å². The molecule has 3 nitrogen and oxygen atoms in total. The second kappa shape index (κ2) is 4.41. The van der Waals surface area contributed by atoms with Crippen molar-refractivity contribution in [2.24, 2.45) is 0 Å². The van der Waals surface area contributed by atoms with Gasteiger partial charge in [0.25, 0.3) is 9.05 Å². The van der Waals surface area contributed by atoms with Gasteiger partial charge in [-0.2, -0.15) is 0 Å². The van der Waals surface area contributed by atoms with Gasteiger partial charge < -0.3 is 4.74 Å². The summed E-state index contributed by atoms with van der Waals surface area (Å²) in [5.41, 5.74) is 0.798. The van der Waals surface area contributed by atoms with Crippen molar-refractivity contribution in [3.8, 4) is 5.75 Å². The van der Waals surface area contributed by atoms with E-state index in [0.29, 0.717) is 5.75 Å². The number of benzene rings is 1. The summed E-state index contributed by atoms with van der Waals surface area (Å²) in [5, 5.41) is 0. The van der Waals surface area contributed by atoms with Gasteiger partial charge in [0.1, 0.15) is 5.75 Å². The zero-order chi connectivity index (χ0) is 11.6. The standard InChI is InChI=1S/C10H13ClO3S/c1-7(2)14-9-4-8(3)5-10(6-9)15(11,12)13/h4-7H,1-3H3. The minimum atomic E-state index is -3.69. The van der Waals surface area contributed by atoms with Crippen LogP contribution in [0.2, 0.25) is 0 Å². The first-order valence-corrected chi connectivity index (χ1v) is 6.83. The van der Waals surface area contributed by atoms with E-state index in [0.717, 1.165) is 5.56 Å². The van der Waals surface area contributed by atoms with E-state index < -0.39 is 9.05 Å². The number of hydrogen-bond donors (Lipinski definition) is 0. The fourth-order valence-electron chi connectivity index (χ4n) is 1.19. The van der Waals surface area contributed by atoms with E-state index in [9.17, 15) is 8.42 Å². The number of aryl methyl sites for hydroxylation is 1. The molecule has 0 aliphatic carbocycles. The van der Waals surface area contributed by atoms with Gasteiger partial charge >= 0.3 is 0 Å². The van der Waals surface area contributed by atoms with Crippen molar-refractivity contribution < 1.29 is 13.2 Å². The number of hydrogen-bond acceptors (Lipinski definition) is 3. The molecule has 0 N–H and O–H groups in total. The predicted octanol–water partition coefficient (Wildman–Crippen LogP) is 2.71. The monoisotopic (exact) mass is 248 g/mol. The molecule has 0 aliphatic heterocycles. The Morgan fingerprint density at radius 3 is 2.33 bits per heavy atom. The lowest BCUT2D eigenvalue weighted by atomic mass is 10.2. The lowest BCUT2D eigenvalue weighted by Crippen LogP contribution is -2.06. The summed E-state index contributed by atoms with van der Waals surface area (Å²) in [7, 11) is 1.56. The molecule has 5 heteroatoms. The molecule has 1 aromatic rings. The maximum atomic E-state index is 11.1. The van der Waals surface area contributed by atoms with Crippen LogP contribution in [0.5, 0.6) is 5.75 Å². The molecule has 0 bridgehead atoms. The fourth-order valence-corrected chi connectivity index (χ4v) is 2.05. The highest BCUT2D eigenvalue weighted by Gasteiger charge is 2.12. The Balaban J connectivity index is 3.17. The topological polar surface area (TPSA) is 43.4 Å². The normalized spacial score (nSPS) is 11.8. The van der Waals surface area contributed by atoms with Crippen LogP contribution >= 0.6 is 10.7 Å². The van der Waals surface area contributed by atoms with Gasteiger partial charge in [-0.25, -0.2) is 8.42 Å². The maximum Gasteiger partial charge on any atom is 0.261 e. The van der Waals surface area contributed by atoms with E-state index in [2.05, 4.69) is 0 Å². The van der Waals surface area contributed by atoms with E-state index >= 15 is 0 Å². The van der Waals surface area contributed by atoms with Crippen molar-refractivity contribution in [1.82, 2.24) is 0 Å². The second-order valence-electron chi connectivity index (χ2n) is 3.59. The third-order valence-electron chi connectivity index (χ3n) is 1.68. The molecule has 0 saturated carbocycles. The lowest BCUT2D eigenvalue weighted by Gasteiger charge is -2.11. The lowest BCUT2D eigenvalue weighted by molar-refractivity contribution is 0.241. The third-order valence-corrected chi connectivity index (χ3v) is 3.01. The van der Waals surface area contributed by atoms with Crippen molar-refractivity contribution in [3.05, 3.63) is 23.8 Å². The van der Waals surface area contributed by atoms with Crippen LogP contribution in [0.3, 0.4) is 0 Å². The van der Waals surface area contributed by atoms with E-state index in [1.54, 1.807) is 13.0 Å². The Morgan fingerprint density at radius 1 is 1.27 bits per heavy atom. The molecule has 0 heterocycles. The summed E-state index contributed by atoms with van der Waals surface area (Å²) in [4.78, 5) is 0.0693. The van der Waals surface area contributed by atoms with Gasteiger partial charge in [0.05, 0.1) is 11.0 Å². The van der Waals surface area contributed by atoms with Crippen LogP contribution in [0, 0.1) is 6.92 Å². The van der Waals surface area contributed by atoms with Gasteiger partial charge in [-0.05, 0) is 38.5 Å². The summed E-state index contributed by atoms with van der Waals surface area (Å²) in [5.74, 6) is 0.518. The molecule has 1 aromatic carbocycles. The van der Waals surface area contributed by atoms with Crippen molar-refractivity contribution in [1.29, 1.82) is 0 Å². The highest BCUT2D eigenvalue weighted by molar-refractivity contribution is 8.13. The molecule has 0 saturated heterocycles. The SMILES string of the molecule is Cc1cc(OC(C)C)cc(S(=O)(=O)Cl)c1. The highest BCUT2D eigenvalue weighted by atomic mass is 35.7. The van der Waals surface area contributed by atoms with E-state index in [1.165, 1.54) is 12.1 Å². The largest absolute Gasteiger partial charge is 0.491 e. The minimum absolute atomic E-state index is 0.00215. The van der Waals surface area contributed by atoms with Crippen LogP contribution in [-0.4, -0.2) is 14.5 Å². The molecular weight excluding hydrogens is 236 g/mol. The third kappa shape index (κ3) is 3.72. The number of rotatable bonds is 3. The quantitative estimate of drug-likeness (QED) is 0.773. The van der Waals surface area contributed by atoms with Crippen LogP contribution in [0.4, 0.5) is 0 Å². The Labute approximate surface area is 94.4 Å². The summed E-state index contributed by atoms with van der Waals surface area (Å²) < 4.78 is 27.7. The molecular formula is C10H13ClO3S. The average molecular weight is 249 g/mol. The van der Waals surface area contributed by atoms with Crippen molar-refractivity contribution in [2.75, 3.05) is 0 Å². The summed E-state index contributed by atoms with van der Waals surface area (Å²) in [6.07, 6.45) is -0.00215. The summed E-state index contributed by atoms with van der Waals surface area (Å²) in [6, 6.07) is 4.70. The Morgan fingerprint density at radius 2 is 1.87 bits per heavy atom. The van der Waals surface area contributed by atoms with Crippen molar-refractivity contribution >= 4 is 19.7 Å².